The van der Waals surface area contributed by atoms with Gasteiger partial charge in [-0.3, -0.25) is 4.99 Å². The van der Waals surface area contributed by atoms with Crippen LogP contribution in [0.25, 0.3) is 11.0 Å². The summed E-state index contributed by atoms with van der Waals surface area (Å²) >= 11 is 0. The maximum Gasteiger partial charge on any atom is 0.191 e. The van der Waals surface area contributed by atoms with E-state index in [0.717, 1.165) is 62.9 Å². The van der Waals surface area contributed by atoms with E-state index in [1.54, 1.807) is 7.11 Å². The lowest BCUT2D eigenvalue weighted by molar-refractivity contribution is 0.0698. The minimum absolute atomic E-state index is 0. The van der Waals surface area contributed by atoms with Gasteiger partial charge < -0.3 is 24.7 Å². The van der Waals surface area contributed by atoms with Crippen LogP contribution in [-0.4, -0.2) is 62.1 Å². The number of para-hydroxylation sites is 2. The molecule has 0 aliphatic heterocycles. The summed E-state index contributed by atoms with van der Waals surface area (Å²) in [6.45, 7) is 9.52. The molecule has 0 saturated heterocycles. The van der Waals surface area contributed by atoms with Crippen LogP contribution < -0.4 is 10.6 Å². The van der Waals surface area contributed by atoms with Crippen molar-refractivity contribution in [2.24, 2.45) is 4.99 Å². The number of ether oxygens (including phenoxy) is 2. The highest BCUT2D eigenvalue weighted by molar-refractivity contribution is 14.0. The number of nitrogens with zero attached hydrogens (tertiary/aromatic N) is 3. The van der Waals surface area contributed by atoms with Crippen molar-refractivity contribution in [3.63, 3.8) is 0 Å². The van der Waals surface area contributed by atoms with Crippen molar-refractivity contribution in [1.29, 1.82) is 0 Å². The number of methoxy groups -OCH3 is 1. The highest BCUT2D eigenvalue weighted by atomic mass is 127. The van der Waals surface area contributed by atoms with E-state index in [1.165, 1.54) is 5.52 Å². The number of aryl methyl sites for hydroxylation is 2. The van der Waals surface area contributed by atoms with Gasteiger partial charge in [-0.2, -0.15) is 0 Å². The second kappa shape index (κ2) is 14.6. The van der Waals surface area contributed by atoms with Gasteiger partial charge in [-0.25, -0.2) is 4.98 Å². The van der Waals surface area contributed by atoms with E-state index in [-0.39, 0.29) is 24.0 Å². The van der Waals surface area contributed by atoms with Gasteiger partial charge in [0.15, 0.2) is 5.96 Å². The molecule has 0 unspecified atom stereocenters. The first-order chi connectivity index (χ1) is 13.3. The van der Waals surface area contributed by atoms with Gasteiger partial charge in [0, 0.05) is 39.9 Å². The number of fused-ring (bicyclic) bond motifs is 1. The molecule has 0 fully saturated rings. The summed E-state index contributed by atoms with van der Waals surface area (Å²) in [6.07, 6.45) is 1.91. The first-order valence-corrected chi connectivity index (χ1v) is 9.77. The Balaban J connectivity index is 0.00000392. The summed E-state index contributed by atoms with van der Waals surface area (Å²) < 4.78 is 12.7. The van der Waals surface area contributed by atoms with E-state index in [1.807, 2.05) is 6.07 Å². The monoisotopic (exact) mass is 503 g/mol. The van der Waals surface area contributed by atoms with Gasteiger partial charge in [0.25, 0.3) is 0 Å². The van der Waals surface area contributed by atoms with E-state index in [2.05, 4.69) is 57.2 Å². The maximum atomic E-state index is 5.47. The van der Waals surface area contributed by atoms with Crippen LogP contribution in [-0.2, 0) is 16.0 Å². The molecule has 0 aliphatic carbocycles. The van der Waals surface area contributed by atoms with Crippen LogP contribution in [0.2, 0.25) is 0 Å². The second-order valence-electron chi connectivity index (χ2n) is 6.30. The zero-order valence-electron chi connectivity index (χ0n) is 17.2. The minimum Gasteiger partial charge on any atom is -0.382 e. The van der Waals surface area contributed by atoms with Gasteiger partial charge in [-0.05, 0) is 38.8 Å². The molecule has 1 aromatic heterocycles. The SMILES string of the molecule is CCNC(=NCCCn1c(C)nc2ccccc21)NCCCOCCOC.I. The second-order valence-corrected chi connectivity index (χ2v) is 6.30. The van der Waals surface area contributed by atoms with E-state index in [4.69, 9.17) is 9.47 Å². The molecule has 7 nitrogen and oxygen atoms in total. The molecule has 0 spiro atoms. The predicted molar refractivity (Wildman–Crippen MR) is 126 cm³/mol. The number of guanidine groups is 1. The van der Waals surface area contributed by atoms with E-state index < -0.39 is 0 Å². The normalized spacial score (nSPS) is 11.5. The van der Waals surface area contributed by atoms with Crippen LogP contribution in [0.15, 0.2) is 29.3 Å². The van der Waals surface area contributed by atoms with Gasteiger partial charge in [0.2, 0.25) is 0 Å². The number of aromatic nitrogens is 2. The molecule has 0 radical (unpaired) electrons. The first kappa shape index (κ1) is 24.6. The molecule has 2 rings (SSSR count). The minimum atomic E-state index is 0. The van der Waals surface area contributed by atoms with Crippen LogP contribution >= 0.6 is 24.0 Å². The zero-order chi connectivity index (χ0) is 19.3. The van der Waals surface area contributed by atoms with Crippen molar-refractivity contribution in [2.75, 3.05) is 46.6 Å². The Kier molecular flexibility index (Phi) is 12.8. The third-order valence-corrected chi connectivity index (χ3v) is 4.19. The van der Waals surface area contributed by atoms with Crippen molar-refractivity contribution in [3.8, 4) is 0 Å². The van der Waals surface area contributed by atoms with Gasteiger partial charge in [0.05, 0.1) is 24.2 Å². The quantitative estimate of drug-likeness (QED) is 0.202. The van der Waals surface area contributed by atoms with E-state index in [9.17, 15) is 0 Å². The Hall–Kier alpha value is -1.39. The first-order valence-electron chi connectivity index (χ1n) is 9.77. The lowest BCUT2D eigenvalue weighted by Crippen LogP contribution is -2.38. The third kappa shape index (κ3) is 8.32. The van der Waals surface area contributed by atoms with Crippen molar-refractivity contribution >= 4 is 41.0 Å². The number of halogens is 1. The fraction of sp³-hybridized carbons (Fsp3) is 0.600. The van der Waals surface area contributed by atoms with Crippen molar-refractivity contribution in [1.82, 2.24) is 20.2 Å². The summed E-state index contributed by atoms with van der Waals surface area (Å²) in [4.78, 5) is 9.29. The number of imidazole rings is 1. The predicted octanol–water partition coefficient (Wildman–Crippen LogP) is 2.96. The Morgan fingerprint density at radius 1 is 1.14 bits per heavy atom. The van der Waals surface area contributed by atoms with Crippen LogP contribution in [0.4, 0.5) is 0 Å². The molecule has 1 heterocycles. The third-order valence-electron chi connectivity index (χ3n) is 4.19. The van der Waals surface area contributed by atoms with Crippen molar-refractivity contribution in [2.45, 2.75) is 33.2 Å². The zero-order valence-corrected chi connectivity index (χ0v) is 19.6. The number of aliphatic imine (C=N–C) groups is 1. The van der Waals surface area contributed by atoms with Gasteiger partial charge in [0.1, 0.15) is 5.82 Å². The Bertz CT molecular complexity index is 705. The smallest absolute Gasteiger partial charge is 0.191 e. The fourth-order valence-corrected chi connectivity index (χ4v) is 2.86. The summed E-state index contributed by atoms with van der Waals surface area (Å²) in [6, 6.07) is 8.27. The summed E-state index contributed by atoms with van der Waals surface area (Å²) in [5.74, 6) is 1.92. The van der Waals surface area contributed by atoms with Crippen LogP contribution in [0.3, 0.4) is 0 Å². The molecule has 0 amide bonds. The molecule has 2 N–H and O–H groups in total. The molecule has 1 aromatic carbocycles. The molecule has 0 aliphatic rings. The standard InChI is InChI=1S/C20H33N5O2.HI/c1-4-21-20(23-12-8-14-27-16-15-26-3)22-11-7-13-25-17(2)24-18-9-5-6-10-19(18)25;/h5-6,9-10H,4,7-8,11-16H2,1-3H3,(H2,21,22,23);1H. The topological polar surface area (TPSA) is 72.7 Å². The Morgan fingerprint density at radius 3 is 2.75 bits per heavy atom. The fourth-order valence-electron chi connectivity index (χ4n) is 2.86. The summed E-state index contributed by atoms with van der Waals surface area (Å²) in [7, 11) is 1.68. The molecule has 2 aromatic rings. The molecule has 0 atom stereocenters. The van der Waals surface area contributed by atoms with E-state index >= 15 is 0 Å². The van der Waals surface area contributed by atoms with Crippen LogP contribution in [0.1, 0.15) is 25.6 Å². The van der Waals surface area contributed by atoms with Crippen molar-refractivity contribution < 1.29 is 9.47 Å². The molecular formula is C20H34IN5O2. The number of rotatable bonds is 12. The lowest BCUT2D eigenvalue weighted by Gasteiger charge is -2.12. The number of nitrogens with one attached hydrogen (secondary N) is 2. The van der Waals surface area contributed by atoms with E-state index in [0.29, 0.717) is 13.2 Å². The molecule has 28 heavy (non-hydrogen) atoms. The number of hydrogen-bond donors (Lipinski definition) is 2. The lowest BCUT2D eigenvalue weighted by atomic mass is 10.3. The molecule has 0 bridgehead atoms. The number of benzene rings is 1. The molecule has 0 saturated carbocycles. The largest absolute Gasteiger partial charge is 0.382 e. The summed E-state index contributed by atoms with van der Waals surface area (Å²) in [5, 5.41) is 6.64. The molecular weight excluding hydrogens is 469 g/mol. The average Bonchev–Trinajstić information content (AvgIpc) is 2.99. The highest BCUT2D eigenvalue weighted by Gasteiger charge is 2.05. The van der Waals surface area contributed by atoms with Gasteiger partial charge >= 0.3 is 0 Å². The maximum absolute atomic E-state index is 5.47. The van der Waals surface area contributed by atoms with Gasteiger partial charge in [-0.1, -0.05) is 12.1 Å². The van der Waals surface area contributed by atoms with Gasteiger partial charge in [-0.15, -0.1) is 24.0 Å². The molecule has 8 heteroatoms. The molecule has 158 valence electrons. The van der Waals surface area contributed by atoms with Crippen LogP contribution in [0.5, 0.6) is 0 Å². The Labute approximate surface area is 185 Å². The number of hydrogen-bond acceptors (Lipinski definition) is 4. The highest BCUT2D eigenvalue weighted by Crippen LogP contribution is 2.15. The Morgan fingerprint density at radius 2 is 1.96 bits per heavy atom. The summed E-state index contributed by atoms with van der Waals surface area (Å²) in [5.41, 5.74) is 2.25. The average molecular weight is 503 g/mol. The van der Waals surface area contributed by atoms with Crippen LogP contribution in [0, 0.1) is 6.92 Å². The van der Waals surface area contributed by atoms with Crippen molar-refractivity contribution in [3.05, 3.63) is 30.1 Å².